The van der Waals surface area contributed by atoms with Crippen molar-refractivity contribution in [3.63, 3.8) is 0 Å². The number of hydrogen-bond acceptors (Lipinski definition) is 2. The Morgan fingerprint density at radius 3 is 2.41 bits per heavy atom. The summed E-state index contributed by atoms with van der Waals surface area (Å²) >= 11 is 12.5. The van der Waals surface area contributed by atoms with Crippen LogP contribution >= 0.6 is 23.2 Å². The number of methoxy groups -OCH3 is 1. The van der Waals surface area contributed by atoms with Crippen LogP contribution < -0.4 is 9.64 Å². The zero-order chi connectivity index (χ0) is 16.9. The second-order valence-electron chi connectivity index (χ2n) is 5.52. The van der Waals surface area contributed by atoms with E-state index in [9.17, 15) is 18.0 Å². The monoisotopic (exact) mass is 355 g/mol. The largest absolute Gasteiger partial charge is 0.497 e. The Kier molecular flexibility index (Phi) is 4.30. The molecule has 0 unspecified atom stereocenters. The van der Waals surface area contributed by atoms with Crippen LogP contribution in [-0.2, 0) is 4.79 Å². The maximum Gasteiger partial charge on any atom is 0.471 e. The summed E-state index contributed by atoms with van der Waals surface area (Å²) in [5, 5.41) is -1.65. The number of hydrogen-bond donors (Lipinski definition) is 0. The Balaban J connectivity index is 2.67. The van der Waals surface area contributed by atoms with Crippen molar-refractivity contribution in [1.29, 1.82) is 0 Å². The summed E-state index contributed by atoms with van der Waals surface area (Å²) in [5.74, 6) is -1.55. The average molecular weight is 356 g/mol. The molecule has 3 nitrogen and oxygen atoms in total. The highest BCUT2D eigenvalue weighted by molar-refractivity contribution is 6.32. The van der Waals surface area contributed by atoms with Gasteiger partial charge in [-0.15, -0.1) is 23.2 Å². The van der Waals surface area contributed by atoms with Gasteiger partial charge in [-0.25, -0.2) is 0 Å². The highest BCUT2D eigenvalue weighted by Crippen LogP contribution is 2.50. The lowest BCUT2D eigenvalue weighted by Gasteiger charge is -2.48. The molecule has 1 aromatic carbocycles. The molecule has 1 amide bonds. The molecule has 0 saturated heterocycles. The van der Waals surface area contributed by atoms with E-state index in [-0.39, 0.29) is 5.69 Å². The van der Waals surface area contributed by atoms with Gasteiger partial charge >= 0.3 is 12.1 Å². The van der Waals surface area contributed by atoms with Crippen LogP contribution in [0.2, 0.25) is 0 Å². The predicted molar refractivity (Wildman–Crippen MR) is 78.8 cm³/mol. The molecule has 0 spiro atoms. The smallest absolute Gasteiger partial charge is 0.471 e. The molecule has 8 heteroatoms. The van der Waals surface area contributed by atoms with Crippen LogP contribution in [0.15, 0.2) is 18.2 Å². The van der Waals surface area contributed by atoms with E-state index in [1.165, 1.54) is 39.2 Å². The van der Waals surface area contributed by atoms with E-state index in [0.717, 1.165) is 0 Å². The van der Waals surface area contributed by atoms with E-state index < -0.39 is 28.4 Å². The summed E-state index contributed by atoms with van der Waals surface area (Å²) in [7, 11) is 1.43. The molecule has 1 heterocycles. The maximum atomic E-state index is 12.9. The minimum absolute atomic E-state index is 0.0880. The molecule has 122 valence electrons. The van der Waals surface area contributed by atoms with E-state index in [0.29, 0.717) is 16.2 Å². The van der Waals surface area contributed by atoms with Gasteiger partial charge < -0.3 is 4.74 Å². The van der Waals surface area contributed by atoms with E-state index in [1.54, 1.807) is 0 Å². The van der Waals surface area contributed by atoms with Crippen molar-refractivity contribution in [2.75, 3.05) is 12.0 Å². The Hall–Kier alpha value is -1.14. The van der Waals surface area contributed by atoms with Crippen molar-refractivity contribution >= 4 is 34.8 Å². The third kappa shape index (κ3) is 2.63. The molecule has 0 aliphatic carbocycles. The van der Waals surface area contributed by atoms with E-state index >= 15 is 0 Å². The minimum Gasteiger partial charge on any atom is -0.497 e. The quantitative estimate of drug-likeness (QED) is 0.704. The normalized spacial score (nSPS) is 23.9. The number of rotatable bonds is 1. The summed E-state index contributed by atoms with van der Waals surface area (Å²) < 4.78 is 43.9. The van der Waals surface area contributed by atoms with Crippen LogP contribution in [0.1, 0.15) is 24.8 Å². The van der Waals surface area contributed by atoms with Gasteiger partial charge in [0.1, 0.15) is 5.75 Å². The first-order chi connectivity index (χ1) is 10.0. The number of ether oxygens (including phenoxy) is 1. The zero-order valence-electron chi connectivity index (χ0n) is 12.0. The number of carbonyl (C=O) groups excluding carboxylic acids is 1. The van der Waals surface area contributed by atoms with Gasteiger partial charge in [0.15, 0.2) is 0 Å². The molecule has 2 atom stereocenters. The molecule has 1 aliphatic rings. The topological polar surface area (TPSA) is 29.5 Å². The van der Waals surface area contributed by atoms with E-state index in [1.807, 2.05) is 0 Å². The Morgan fingerprint density at radius 2 is 1.91 bits per heavy atom. The summed E-state index contributed by atoms with van der Waals surface area (Å²) in [6.07, 6.45) is -5.01. The summed E-state index contributed by atoms with van der Waals surface area (Å²) in [6, 6.07) is 4.36. The first-order valence-corrected chi connectivity index (χ1v) is 7.26. The number of halogens is 5. The van der Waals surface area contributed by atoms with Crippen LogP contribution in [0.3, 0.4) is 0 Å². The van der Waals surface area contributed by atoms with Crippen molar-refractivity contribution < 1.29 is 22.7 Å². The number of benzene rings is 1. The molecule has 2 rings (SSSR count). The van der Waals surface area contributed by atoms with Crippen molar-refractivity contribution in [2.45, 2.75) is 36.3 Å². The van der Waals surface area contributed by atoms with Crippen LogP contribution in [0, 0.1) is 0 Å². The number of anilines is 1. The molecule has 0 aromatic heterocycles. The Morgan fingerprint density at radius 1 is 1.32 bits per heavy atom. The van der Waals surface area contributed by atoms with Crippen molar-refractivity contribution in [3.8, 4) is 5.75 Å². The third-order valence-electron chi connectivity index (χ3n) is 3.73. The van der Waals surface area contributed by atoms with E-state index in [2.05, 4.69) is 0 Å². The van der Waals surface area contributed by atoms with Gasteiger partial charge in [-0.1, -0.05) is 0 Å². The molecule has 0 N–H and O–H groups in total. The van der Waals surface area contributed by atoms with Gasteiger partial charge in [0, 0.05) is 5.69 Å². The van der Waals surface area contributed by atoms with Crippen LogP contribution in [0.5, 0.6) is 5.75 Å². The highest BCUT2D eigenvalue weighted by Gasteiger charge is 2.54. The van der Waals surface area contributed by atoms with Crippen molar-refractivity contribution in [3.05, 3.63) is 23.8 Å². The lowest BCUT2D eigenvalue weighted by Crippen LogP contribution is -2.60. The molecule has 1 aromatic rings. The molecule has 0 saturated carbocycles. The average Bonchev–Trinajstić information content (AvgIpc) is 2.43. The van der Waals surface area contributed by atoms with E-state index in [4.69, 9.17) is 27.9 Å². The second-order valence-corrected chi connectivity index (χ2v) is 6.46. The minimum atomic E-state index is -5.01. The fourth-order valence-electron chi connectivity index (χ4n) is 2.53. The van der Waals surface area contributed by atoms with Gasteiger partial charge in [0.2, 0.25) is 0 Å². The fraction of sp³-hybridized carbons (Fsp3) is 0.500. The van der Waals surface area contributed by atoms with Crippen molar-refractivity contribution in [1.82, 2.24) is 0 Å². The summed E-state index contributed by atoms with van der Waals surface area (Å²) in [5.41, 5.74) is -0.884. The molecule has 0 bridgehead atoms. The molecule has 1 aliphatic heterocycles. The number of nitrogens with zero attached hydrogens (tertiary/aromatic N) is 1. The number of carbonyl (C=O) groups is 1. The summed E-state index contributed by atoms with van der Waals surface area (Å²) in [4.78, 5) is 12.5. The lowest BCUT2D eigenvalue weighted by molar-refractivity contribution is -0.171. The standard InChI is InChI=1S/C14H14Cl2F3NO2/c1-13(2)11(16)10(15)8-6-7(22-3)4-5-9(8)20(13)12(21)14(17,18)19/h4-6,10-11H,1-3H3/t10-,11-/m1/s1. The number of alkyl halides is 5. The van der Waals surface area contributed by atoms with Crippen LogP contribution in [0.25, 0.3) is 0 Å². The SMILES string of the molecule is COc1ccc2c(c1)[C@@H](Cl)[C@@H](Cl)C(C)(C)N2C(=O)C(F)(F)F. The first-order valence-electron chi connectivity index (χ1n) is 6.39. The van der Waals surface area contributed by atoms with Crippen molar-refractivity contribution in [2.24, 2.45) is 0 Å². The zero-order valence-corrected chi connectivity index (χ0v) is 13.6. The van der Waals surface area contributed by atoms with Gasteiger partial charge in [-0.3, -0.25) is 9.69 Å². The number of fused-ring (bicyclic) bond motifs is 1. The number of amides is 1. The predicted octanol–water partition coefficient (Wildman–Crippen LogP) is 4.27. The molecular formula is C14H14Cl2F3NO2. The summed E-state index contributed by atoms with van der Waals surface area (Å²) in [6.45, 7) is 2.91. The van der Waals surface area contributed by atoms with Crippen LogP contribution in [-0.4, -0.2) is 30.1 Å². The molecule has 0 fully saturated rings. The maximum absolute atomic E-state index is 12.9. The first kappa shape index (κ1) is 17.2. The van der Waals surface area contributed by atoms with Gasteiger partial charge in [-0.05, 0) is 37.6 Å². The van der Waals surface area contributed by atoms with Crippen LogP contribution in [0.4, 0.5) is 18.9 Å². The Labute approximate surface area is 135 Å². The lowest BCUT2D eigenvalue weighted by atomic mass is 9.85. The molecule has 0 radical (unpaired) electrons. The molecular weight excluding hydrogens is 342 g/mol. The van der Waals surface area contributed by atoms with Gasteiger partial charge in [0.25, 0.3) is 0 Å². The third-order valence-corrected chi connectivity index (χ3v) is 5.13. The fourth-order valence-corrected chi connectivity index (χ4v) is 3.25. The molecule has 22 heavy (non-hydrogen) atoms. The van der Waals surface area contributed by atoms with Gasteiger partial charge in [0.05, 0.1) is 23.4 Å². The second kappa shape index (κ2) is 5.49. The highest BCUT2D eigenvalue weighted by atomic mass is 35.5. The van der Waals surface area contributed by atoms with Gasteiger partial charge in [-0.2, -0.15) is 13.2 Å². The Bertz CT molecular complexity index is 604.